The lowest BCUT2D eigenvalue weighted by Gasteiger charge is -2.24. The number of aryl methyl sites for hydroxylation is 4. The minimum absolute atomic E-state index is 0.0485. The molecule has 0 bridgehead atoms. The van der Waals surface area contributed by atoms with E-state index in [0.717, 1.165) is 85.7 Å². The van der Waals surface area contributed by atoms with Crippen molar-refractivity contribution in [3.8, 4) is 22.5 Å². The second-order valence-electron chi connectivity index (χ2n) is 18.3. The maximum absolute atomic E-state index is 13.3. The van der Waals surface area contributed by atoms with Crippen LogP contribution in [0.5, 0.6) is 0 Å². The number of carbonyl (C=O) groups excluding carboxylic acids is 2. The Kier molecular flexibility index (Phi) is 13.7. The minimum Gasteiger partial charge on any atom is -0.456 e. The van der Waals surface area contributed by atoms with Gasteiger partial charge in [-0.3, -0.25) is 9.11 Å². The van der Waals surface area contributed by atoms with Gasteiger partial charge < -0.3 is 31.0 Å². The van der Waals surface area contributed by atoms with Gasteiger partial charge in [-0.2, -0.15) is 16.8 Å². The maximum Gasteiger partial charge on any atom is 0.319 e. The molecule has 17 heteroatoms. The van der Waals surface area contributed by atoms with Crippen LogP contribution in [0.3, 0.4) is 0 Å². The number of fused-ring (bicyclic) bond motifs is 2. The molecule has 0 spiro atoms. The van der Waals surface area contributed by atoms with Gasteiger partial charge in [0, 0.05) is 57.7 Å². The molecule has 7 N–H and O–H groups in total. The van der Waals surface area contributed by atoms with Gasteiger partial charge in [-0.05, 0) is 125 Å². The molecule has 0 atom stereocenters. The fraction of sp³-hybridized carbons (Fsp3) is 0.353. The lowest BCUT2D eigenvalue weighted by atomic mass is 9.93. The quantitative estimate of drug-likeness (QED) is 0.0507. The van der Waals surface area contributed by atoms with E-state index in [1.165, 1.54) is 36.8 Å². The Balaban J connectivity index is 1.28. The number of carbonyl (C=O) groups is 2. The van der Waals surface area contributed by atoms with E-state index in [2.05, 4.69) is 26.6 Å². The van der Waals surface area contributed by atoms with Crippen molar-refractivity contribution in [1.82, 2.24) is 10.6 Å². The third-order valence-corrected chi connectivity index (χ3v) is 15.1. The largest absolute Gasteiger partial charge is 0.456 e. The van der Waals surface area contributed by atoms with Crippen molar-refractivity contribution < 1.29 is 39.9 Å². The molecule has 2 fully saturated rings. The van der Waals surface area contributed by atoms with Gasteiger partial charge >= 0.3 is 12.1 Å². The van der Waals surface area contributed by atoms with Crippen molar-refractivity contribution in [3.05, 3.63) is 105 Å². The molecule has 0 unspecified atom stereocenters. The number of urea groups is 2. The summed E-state index contributed by atoms with van der Waals surface area (Å²) in [6, 6.07) is 16.8. The number of rotatable bonds is 10. The summed E-state index contributed by atoms with van der Waals surface area (Å²) in [7, 11) is -9.83. The smallest absolute Gasteiger partial charge is 0.319 e. The molecule has 1 heterocycles. The lowest BCUT2D eigenvalue weighted by Crippen LogP contribution is -2.39. The normalized spacial score (nSPS) is 15.4. The summed E-state index contributed by atoms with van der Waals surface area (Å²) in [6.07, 6.45) is 10.2. The molecule has 68 heavy (non-hydrogen) atoms. The SMILES string of the molecule is Cc1cc(C)c(NC(=O)NC2CCCCC2)c(C)c1N=c1cc2oc3cc(Nc4c(C)cc(C)c(NC(=O)NC5CCCCC5)c4C)ccc3c(-c3ccccc3S(=O)(=O)O)c-2cc1S(=O)(=O)O. The van der Waals surface area contributed by atoms with Crippen LogP contribution in [0.2, 0.25) is 0 Å². The molecule has 1 aliphatic heterocycles. The molecule has 4 aliphatic rings. The number of amides is 4. The highest BCUT2D eigenvalue weighted by Gasteiger charge is 2.28. The van der Waals surface area contributed by atoms with E-state index in [9.17, 15) is 35.5 Å². The number of hydrogen-bond donors (Lipinski definition) is 7. The van der Waals surface area contributed by atoms with Crippen LogP contribution in [-0.2, 0) is 20.2 Å². The van der Waals surface area contributed by atoms with Gasteiger partial charge in [-0.25, -0.2) is 14.6 Å². The first-order chi connectivity index (χ1) is 32.3. The predicted molar refractivity (Wildman–Crippen MR) is 266 cm³/mol. The first kappa shape index (κ1) is 48.2. The number of benzene rings is 5. The van der Waals surface area contributed by atoms with Gasteiger partial charge in [-0.15, -0.1) is 0 Å². The topological polar surface area (TPSA) is 229 Å². The van der Waals surface area contributed by atoms with Crippen LogP contribution in [0.1, 0.15) is 97.6 Å². The second kappa shape index (κ2) is 19.4. The molecule has 0 radical (unpaired) electrons. The third-order valence-electron chi connectivity index (χ3n) is 13.3. The molecule has 2 saturated carbocycles. The molecule has 8 rings (SSSR count). The zero-order valence-corrected chi connectivity index (χ0v) is 40.7. The molecule has 4 aromatic carbocycles. The Bertz CT molecular complexity index is 3250. The van der Waals surface area contributed by atoms with Crippen molar-refractivity contribution in [3.63, 3.8) is 0 Å². The summed E-state index contributed by atoms with van der Waals surface area (Å²) in [5.74, 6) is 0.0757. The first-order valence-corrected chi connectivity index (χ1v) is 25.9. The standard InChI is InChI=1S/C51H58N6O9S2/c1-28-23-30(3)48(56-50(58)53-34-15-9-7-10-16-34)32(5)46(28)52-36-21-22-37-41(25-36)66-42-27-40(44(68(63,64)65)26-39(42)45(37)38-19-13-14-20-43(38)67(60,61)62)55-47-29(2)24-31(4)49(33(47)6)57-51(59)54-35-17-11-8-12-18-35/h13-14,19-27,34-35,52H,7-12,15-18H2,1-6H3,(H2,53,56,58)(H2,54,57,59)(H,60,61,62)(H,63,64,65). The highest BCUT2D eigenvalue weighted by molar-refractivity contribution is 7.86. The summed E-state index contributed by atoms with van der Waals surface area (Å²) in [4.78, 5) is 30.3. The minimum atomic E-state index is -5.01. The highest BCUT2D eigenvalue weighted by atomic mass is 32.2. The van der Waals surface area contributed by atoms with Crippen LogP contribution in [0.4, 0.5) is 38.0 Å². The highest BCUT2D eigenvalue weighted by Crippen LogP contribution is 2.44. The molecule has 358 valence electrons. The number of nitrogens with one attached hydrogen (secondary N) is 5. The predicted octanol–water partition coefficient (Wildman–Crippen LogP) is 11.4. The fourth-order valence-corrected chi connectivity index (χ4v) is 11.3. The zero-order chi connectivity index (χ0) is 48.7. The molecule has 4 amide bonds. The van der Waals surface area contributed by atoms with Crippen molar-refractivity contribution >= 4 is 71.7 Å². The van der Waals surface area contributed by atoms with Crippen LogP contribution >= 0.6 is 0 Å². The number of hydrogen-bond acceptors (Lipinski definition) is 9. The van der Waals surface area contributed by atoms with Gasteiger partial charge in [0.25, 0.3) is 20.2 Å². The summed E-state index contributed by atoms with van der Waals surface area (Å²) in [5.41, 5.74) is 8.02. The Morgan fingerprint density at radius 1 is 0.603 bits per heavy atom. The van der Waals surface area contributed by atoms with Crippen LogP contribution in [0.15, 0.2) is 85.9 Å². The monoisotopic (exact) mass is 962 g/mol. The van der Waals surface area contributed by atoms with Crippen molar-refractivity contribution in [2.75, 3.05) is 16.0 Å². The van der Waals surface area contributed by atoms with E-state index in [-0.39, 0.29) is 57.5 Å². The summed E-state index contributed by atoms with van der Waals surface area (Å²) in [6.45, 7) is 11.2. The number of nitrogens with zero attached hydrogens (tertiary/aromatic N) is 1. The van der Waals surface area contributed by atoms with Crippen LogP contribution < -0.4 is 31.9 Å². The van der Waals surface area contributed by atoms with E-state index in [1.54, 1.807) is 38.1 Å². The van der Waals surface area contributed by atoms with Crippen LogP contribution in [0, 0.1) is 41.5 Å². The Morgan fingerprint density at radius 2 is 1.15 bits per heavy atom. The molecule has 3 aliphatic carbocycles. The fourth-order valence-electron chi connectivity index (χ4n) is 10.0. The van der Waals surface area contributed by atoms with Gasteiger partial charge in [0.1, 0.15) is 21.1 Å². The first-order valence-electron chi connectivity index (χ1n) is 23.0. The summed E-state index contributed by atoms with van der Waals surface area (Å²) in [5, 5.41) is 15.9. The maximum atomic E-state index is 13.3. The molecular formula is C51H58N6O9S2. The average Bonchev–Trinajstić information content (AvgIpc) is 3.28. The van der Waals surface area contributed by atoms with Crippen LogP contribution in [0.25, 0.3) is 33.4 Å². The Hall–Kier alpha value is -6.27. The van der Waals surface area contributed by atoms with Gasteiger partial charge in [-0.1, -0.05) is 68.9 Å². The van der Waals surface area contributed by atoms with E-state index in [1.807, 2.05) is 39.8 Å². The van der Waals surface area contributed by atoms with Crippen molar-refractivity contribution in [2.24, 2.45) is 4.99 Å². The van der Waals surface area contributed by atoms with Crippen molar-refractivity contribution in [1.29, 1.82) is 0 Å². The molecule has 15 nitrogen and oxygen atoms in total. The zero-order valence-electron chi connectivity index (χ0n) is 39.1. The summed E-state index contributed by atoms with van der Waals surface area (Å²) < 4.78 is 80.4. The summed E-state index contributed by atoms with van der Waals surface area (Å²) >= 11 is 0. The van der Waals surface area contributed by atoms with Gasteiger partial charge in [0.15, 0.2) is 0 Å². The van der Waals surface area contributed by atoms with Gasteiger partial charge in [0.2, 0.25) is 0 Å². The average molecular weight is 963 g/mol. The van der Waals surface area contributed by atoms with Crippen molar-refractivity contribution in [2.45, 2.75) is 128 Å². The molecule has 0 saturated heterocycles. The van der Waals surface area contributed by atoms with E-state index >= 15 is 0 Å². The molecule has 4 aromatic rings. The molecule has 0 aromatic heterocycles. The Labute approximate surface area is 397 Å². The van der Waals surface area contributed by atoms with Crippen LogP contribution in [-0.4, -0.2) is 50.1 Å². The van der Waals surface area contributed by atoms with E-state index in [0.29, 0.717) is 39.3 Å². The third kappa shape index (κ3) is 10.3. The lowest BCUT2D eigenvalue weighted by molar-refractivity contribution is 0.243. The molecular weight excluding hydrogens is 905 g/mol. The number of anilines is 4. The van der Waals surface area contributed by atoms with E-state index < -0.39 is 30.0 Å². The van der Waals surface area contributed by atoms with E-state index in [4.69, 9.17) is 9.41 Å². The Morgan fingerprint density at radius 3 is 1.74 bits per heavy atom. The second-order valence-corrected chi connectivity index (χ2v) is 21.1. The van der Waals surface area contributed by atoms with Gasteiger partial charge in [0.05, 0.1) is 22.4 Å².